The van der Waals surface area contributed by atoms with Gasteiger partial charge >= 0.3 is 0 Å². The van der Waals surface area contributed by atoms with Gasteiger partial charge in [-0.05, 0) is 26.0 Å². The van der Waals surface area contributed by atoms with Crippen LogP contribution < -0.4 is 11.1 Å². The molecular formula is C12H17N3O. The van der Waals surface area contributed by atoms with Crippen LogP contribution in [0.3, 0.4) is 0 Å². The van der Waals surface area contributed by atoms with E-state index in [2.05, 4.69) is 11.4 Å². The second-order valence-corrected chi connectivity index (χ2v) is 4.20. The Labute approximate surface area is 96.0 Å². The zero-order valence-electron chi connectivity index (χ0n) is 9.87. The number of anilines is 2. The predicted molar refractivity (Wildman–Crippen MR) is 65.1 cm³/mol. The number of nitrogen functional groups attached to an aromatic ring is 1. The molecule has 0 unspecified atom stereocenters. The first-order chi connectivity index (χ1) is 7.50. The molecule has 4 nitrogen and oxygen atoms in total. The molecule has 0 aliphatic carbocycles. The van der Waals surface area contributed by atoms with Gasteiger partial charge in [-0.1, -0.05) is 6.07 Å². The van der Waals surface area contributed by atoms with Crippen molar-refractivity contribution in [1.82, 2.24) is 0 Å². The molecule has 0 aliphatic rings. The molecule has 0 aliphatic heterocycles. The van der Waals surface area contributed by atoms with Crippen LogP contribution in [0.5, 0.6) is 0 Å². The van der Waals surface area contributed by atoms with E-state index < -0.39 is 0 Å². The third-order valence-corrected chi connectivity index (χ3v) is 2.48. The summed E-state index contributed by atoms with van der Waals surface area (Å²) < 4.78 is 5.29. The molecule has 1 aromatic rings. The van der Waals surface area contributed by atoms with Crippen LogP contribution in [0, 0.1) is 11.3 Å². The number of hydrogen-bond donors (Lipinski definition) is 2. The van der Waals surface area contributed by atoms with Crippen LogP contribution in [-0.4, -0.2) is 19.3 Å². The predicted octanol–water partition coefficient (Wildman–Crippen LogP) is 1.98. The minimum Gasteiger partial charge on any atom is -0.396 e. The standard InChI is InChI=1S/C12H17N3O/c1-12(2,16-3)8-15-10-6-4-5-9(7-13)11(10)14/h4-6,15H,8,14H2,1-3H3. The van der Waals surface area contributed by atoms with Gasteiger partial charge < -0.3 is 15.8 Å². The Balaban J connectivity index is 2.80. The van der Waals surface area contributed by atoms with Gasteiger partial charge in [0.25, 0.3) is 0 Å². The van der Waals surface area contributed by atoms with E-state index >= 15 is 0 Å². The normalized spacial score (nSPS) is 10.9. The van der Waals surface area contributed by atoms with Crippen molar-refractivity contribution in [2.24, 2.45) is 0 Å². The highest BCUT2D eigenvalue weighted by Crippen LogP contribution is 2.22. The average molecular weight is 219 g/mol. The molecule has 0 aromatic heterocycles. The number of benzene rings is 1. The lowest BCUT2D eigenvalue weighted by Crippen LogP contribution is -2.32. The lowest BCUT2D eigenvalue weighted by molar-refractivity contribution is 0.0344. The van der Waals surface area contributed by atoms with Crippen molar-refractivity contribution in [3.05, 3.63) is 23.8 Å². The summed E-state index contributed by atoms with van der Waals surface area (Å²) in [6.45, 7) is 4.58. The molecule has 0 atom stereocenters. The highest BCUT2D eigenvalue weighted by molar-refractivity contribution is 5.72. The molecule has 4 heteroatoms. The first-order valence-corrected chi connectivity index (χ1v) is 5.08. The Hall–Kier alpha value is -1.73. The molecule has 0 bridgehead atoms. The number of nitriles is 1. The summed E-state index contributed by atoms with van der Waals surface area (Å²) in [6, 6.07) is 7.40. The Bertz CT molecular complexity index is 407. The third kappa shape index (κ3) is 2.88. The van der Waals surface area contributed by atoms with Gasteiger partial charge in [-0.25, -0.2) is 0 Å². The summed E-state index contributed by atoms with van der Waals surface area (Å²) in [5.74, 6) is 0. The lowest BCUT2D eigenvalue weighted by atomic mass is 10.1. The Morgan fingerprint density at radius 2 is 2.19 bits per heavy atom. The van der Waals surface area contributed by atoms with Crippen molar-refractivity contribution in [3.63, 3.8) is 0 Å². The van der Waals surface area contributed by atoms with Crippen molar-refractivity contribution in [3.8, 4) is 6.07 Å². The summed E-state index contributed by atoms with van der Waals surface area (Å²) in [5, 5.41) is 12.0. The molecule has 1 rings (SSSR count). The summed E-state index contributed by atoms with van der Waals surface area (Å²) in [5.41, 5.74) is 7.31. The smallest absolute Gasteiger partial charge is 0.101 e. The van der Waals surface area contributed by atoms with Gasteiger partial charge in [0.05, 0.1) is 22.5 Å². The van der Waals surface area contributed by atoms with Crippen LogP contribution in [0.1, 0.15) is 19.4 Å². The topological polar surface area (TPSA) is 71.1 Å². The van der Waals surface area contributed by atoms with E-state index in [9.17, 15) is 0 Å². The third-order valence-electron chi connectivity index (χ3n) is 2.48. The van der Waals surface area contributed by atoms with Gasteiger partial charge in [0.1, 0.15) is 6.07 Å². The molecule has 0 radical (unpaired) electrons. The fourth-order valence-corrected chi connectivity index (χ4v) is 1.20. The summed E-state index contributed by atoms with van der Waals surface area (Å²) in [7, 11) is 1.66. The SMILES string of the molecule is COC(C)(C)CNc1cccc(C#N)c1N. The molecule has 0 heterocycles. The molecule has 0 amide bonds. The van der Waals surface area contributed by atoms with E-state index in [-0.39, 0.29) is 5.60 Å². The van der Waals surface area contributed by atoms with Crippen molar-refractivity contribution >= 4 is 11.4 Å². The Kier molecular flexibility index (Phi) is 3.75. The highest BCUT2D eigenvalue weighted by Gasteiger charge is 2.16. The quantitative estimate of drug-likeness (QED) is 0.759. The van der Waals surface area contributed by atoms with Gasteiger partial charge in [-0.15, -0.1) is 0 Å². The number of nitrogens with one attached hydrogen (secondary N) is 1. The minimum absolute atomic E-state index is 0.269. The van der Waals surface area contributed by atoms with Crippen LogP contribution in [0.25, 0.3) is 0 Å². The molecule has 0 saturated heterocycles. The van der Waals surface area contributed by atoms with Crippen molar-refractivity contribution in [2.75, 3.05) is 24.7 Å². The summed E-state index contributed by atoms with van der Waals surface area (Å²) in [4.78, 5) is 0. The van der Waals surface area contributed by atoms with Crippen LogP contribution in [0.15, 0.2) is 18.2 Å². The number of para-hydroxylation sites is 1. The first-order valence-electron chi connectivity index (χ1n) is 5.08. The largest absolute Gasteiger partial charge is 0.396 e. The second-order valence-electron chi connectivity index (χ2n) is 4.20. The molecule has 0 spiro atoms. The Morgan fingerprint density at radius 1 is 1.50 bits per heavy atom. The zero-order chi connectivity index (χ0) is 12.2. The van der Waals surface area contributed by atoms with E-state index in [1.807, 2.05) is 19.9 Å². The van der Waals surface area contributed by atoms with Crippen molar-refractivity contribution in [2.45, 2.75) is 19.4 Å². The average Bonchev–Trinajstić information content (AvgIpc) is 2.28. The van der Waals surface area contributed by atoms with E-state index in [0.717, 1.165) is 5.69 Å². The number of hydrogen-bond acceptors (Lipinski definition) is 4. The Morgan fingerprint density at radius 3 is 2.75 bits per heavy atom. The van der Waals surface area contributed by atoms with Crippen molar-refractivity contribution < 1.29 is 4.74 Å². The fraction of sp³-hybridized carbons (Fsp3) is 0.417. The van der Waals surface area contributed by atoms with E-state index in [0.29, 0.717) is 17.8 Å². The molecule has 86 valence electrons. The maximum atomic E-state index is 8.83. The molecule has 0 fully saturated rings. The first kappa shape index (κ1) is 12.3. The van der Waals surface area contributed by atoms with Gasteiger partial charge in [-0.2, -0.15) is 5.26 Å². The zero-order valence-corrected chi connectivity index (χ0v) is 9.87. The van der Waals surface area contributed by atoms with Crippen LogP contribution >= 0.6 is 0 Å². The molecular weight excluding hydrogens is 202 g/mol. The second kappa shape index (κ2) is 4.86. The maximum Gasteiger partial charge on any atom is 0.101 e. The highest BCUT2D eigenvalue weighted by atomic mass is 16.5. The van der Waals surface area contributed by atoms with Gasteiger partial charge in [0, 0.05) is 13.7 Å². The number of methoxy groups -OCH3 is 1. The number of ether oxygens (including phenoxy) is 1. The van der Waals surface area contributed by atoms with E-state index in [1.54, 1.807) is 19.2 Å². The molecule has 16 heavy (non-hydrogen) atoms. The van der Waals surface area contributed by atoms with E-state index in [4.69, 9.17) is 15.7 Å². The minimum atomic E-state index is -0.269. The summed E-state index contributed by atoms with van der Waals surface area (Å²) >= 11 is 0. The number of nitrogens with two attached hydrogens (primary N) is 1. The van der Waals surface area contributed by atoms with Crippen LogP contribution in [-0.2, 0) is 4.74 Å². The van der Waals surface area contributed by atoms with Gasteiger partial charge in [0.15, 0.2) is 0 Å². The number of rotatable bonds is 4. The van der Waals surface area contributed by atoms with Gasteiger partial charge in [0.2, 0.25) is 0 Å². The fourth-order valence-electron chi connectivity index (χ4n) is 1.20. The monoisotopic (exact) mass is 219 g/mol. The molecule has 1 aromatic carbocycles. The van der Waals surface area contributed by atoms with Crippen LogP contribution in [0.2, 0.25) is 0 Å². The molecule has 3 N–H and O–H groups in total. The van der Waals surface area contributed by atoms with Gasteiger partial charge in [-0.3, -0.25) is 0 Å². The maximum absolute atomic E-state index is 8.83. The summed E-state index contributed by atoms with van der Waals surface area (Å²) in [6.07, 6.45) is 0. The molecule has 0 saturated carbocycles. The van der Waals surface area contributed by atoms with Crippen molar-refractivity contribution in [1.29, 1.82) is 5.26 Å². The number of nitrogens with zero attached hydrogens (tertiary/aromatic N) is 1. The lowest BCUT2D eigenvalue weighted by Gasteiger charge is -2.24. The van der Waals surface area contributed by atoms with Crippen LogP contribution in [0.4, 0.5) is 11.4 Å². The van der Waals surface area contributed by atoms with E-state index in [1.165, 1.54) is 0 Å².